The van der Waals surface area contributed by atoms with Gasteiger partial charge in [0, 0.05) is 44.1 Å². The number of aryl methyl sites for hydroxylation is 1. The Balaban J connectivity index is 0.000000605. The zero-order chi connectivity index (χ0) is 6.97. The minimum atomic E-state index is -0.0984. The first-order chi connectivity index (χ1) is 4.88. The van der Waals surface area contributed by atoms with Gasteiger partial charge in [0.2, 0.25) is 0 Å². The first kappa shape index (κ1) is 9.77. The van der Waals surface area contributed by atoms with Crippen molar-refractivity contribution in [1.29, 1.82) is 0 Å². The van der Waals surface area contributed by atoms with Crippen molar-refractivity contribution in [2.45, 2.75) is 25.3 Å². The average molecular weight is 363 g/mol. The molecule has 57 valence electrons. The third-order valence-corrected chi connectivity index (χ3v) is 2.04. The molecule has 0 aromatic carbocycles. The van der Waals surface area contributed by atoms with Crippen LogP contribution in [0.5, 0.6) is 0 Å². The van der Waals surface area contributed by atoms with Gasteiger partial charge in [0.05, 0.1) is 12.0 Å². The van der Waals surface area contributed by atoms with Gasteiger partial charge in [-0.05, 0) is 18.1 Å². The van der Waals surface area contributed by atoms with Gasteiger partial charge in [0.1, 0.15) is 0 Å². The number of nitrogens with one attached hydrogen (secondary N) is 1. The van der Waals surface area contributed by atoms with Gasteiger partial charge in [0.15, 0.2) is 0 Å². The molecule has 1 aliphatic carbocycles. The molecule has 2 rings (SSSR count). The molecule has 1 aliphatic rings. The number of furan rings is 1. The minimum absolute atomic E-state index is 0. The smallest absolute Gasteiger partial charge is 0.0908 e. The van der Waals surface area contributed by atoms with Crippen LogP contribution in [0.15, 0.2) is 16.7 Å². The zero-order valence-electron chi connectivity index (χ0n) is 6.34. The van der Waals surface area contributed by atoms with E-state index in [-0.39, 0.29) is 50.1 Å². The van der Waals surface area contributed by atoms with Crippen molar-refractivity contribution in [2.75, 3.05) is 0 Å². The summed E-state index contributed by atoms with van der Waals surface area (Å²) in [5.74, 6) is 0.895. The van der Waals surface area contributed by atoms with Crippen LogP contribution in [0.25, 0.3) is 5.73 Å². The summed E-state index contributed by atoms with van der Waals surface area (Å²) in [7, 11) is 0. The van der Waals surface area contributed by atoms with Gasteiger partial charge >= 0.3 is 0 Å². The number of rotatable bonds is 0. The van der Waals surface area contributed by atoms with E-state index in [1.165, 1.54) is 5.56 Å². The van der Waals surface area contributed by atoms with Crippen molar-refractivity contribution < 1.29 is 48.5 Å². The summed E-state index contributed by atoms with van der Waals surface area (Å²) in [6.45, 7) is 0. The van der Waals surface area contributed by atoms with Crippen molar-refractivity contribution >= 4 is 0 Å². The molecule has 3 heteroatoms. The van der Waals surface area contributed by atoms with Gasteiger partial charge < -0.3 is 10.2 Å². The Morgan fingerprint density at radius 2 is 2.36 bits per heavy atom. The van der Waals surface area contributed by atoms with Crippen LogP contribution in [-0.2, 0) is 6.42 Å². The molecule has 11 heavy (non-hydrogen) atoms. The molecule has 0 saturated carbocycles. The maximum Gasteiger partial charge on any atom is 0.0908 e. The maximum atomic E-state index is 7.58. The molecule has 1 aromatic heterocycles. The summed E-state index contributed by atoms with van der Waals surface area (Å²) in [4.78, 5) is 0. The monoisotopic (exact) mass is 363 g/mol. The maximum absolute atomic E-state index is 7.58. The predicted octanol–water partition coefficient (Wildman–Crippen LogP) is 2.71. The van der Waals surface area contributed by atoms with Gasteiger partial charge in [0.25, 0.3) is 0 Å². The molecule has 0 spiro atoms. The Morgan fingerprint density at radius 3 is 3.09 bits per heavy atom. The van der Waals surface area contributed by atoms with Gasteiger partial charge in [-0.1, -0.05) is 18.9 Å². The van der Waals surface area contributed by atoms with E-state index >= 15 is 0 Å². The largest absolute Gasteiger partial charge is 0.668 e. The van der Waals surface area contributed by atoms with Crippen molar-refractivity contribution in [3.63, 3.8) is 0 Å². The van der Waals surface area contributed by atoms with Gasteiger partial charge in [-0.3, -0.25) is 0 Å². The second kappa shape index (κ2) is 4.07. The molecule has 1 radical (unpaired) electrons. The Kier molecular flexibility index (Phi) is 3.62. The van der Waals surface area contributed by atoms with Crippen LogP contribution >= 0.6 is 0 Å². The molecule has 1 heterocycles. The molecule has 0 saturated heterocycles. The summed E-state index contributed by atoms with van der Waals surface area (Å²) in [5.41, 5.74) is 8.82. The third kappa shape index (κ3) is 1.88. The van der Waals surface area contributed by atoms with Crippen LogP contribution in [0.3, 0.4) is 0 Å². The fourth-order valence-electron chi connectivity index (χ4n) is 1.49. The molecule has 0 fully saturated rings. The Bertz CT molecular complexity index is 234. The van der Waals surface area contributed by atoms with E-state index in [0.717, 1.165) is 25.0 Å². The van der Waals surface area contributed by atoms with Crippen molar-refractivity contribution in [3.05, 3.63) is 29.4 Å². The molecular formula is C8H10AcNO-. The SMILES string of the molecule is [Ac].[NH-][C@@H]1CCCc2ccoc21. The Hall–Kier alpha value is 0.682. The topological polar surface area (TPSA) is 36.9 Å². The number of hydrogen-bond donors (Lipinski definition) is 0. The van der Waals surface area contributed by atoms with Crippen LogP contribution in [0, 0.1) is 44.1 Å². The van der Waals surface area contributed by atoms with Crippen LogP contribution in [-0.4, -0.2) is 0 Å². The summed E-state index contributed by atoms with van der Waals surface area (Å²) in [5, 5.41) is 0. The molecule has 0 bridgehead atoms. The Labute approximate surface area is 102 Å². The summed E-state index contributed by atoms with van der Waals surface area (Å²) in [6, 6.07) is 1.88. The van der Waals surface area contributed by atoms with E-state index < -0.39 is 0 Å². The van der Waals surface area contributed by atoms with Crippen molar-refractivity contribution in [2.24, 2.45) is 0 Å². The van der Waals surface area contributed by atoms with Crippen LogP contribution in [0.1, 0.15) is 30.2 Å². The number of hydrogen-bond acceptors (Lipinski definition) is 1. The van der Waals surface area contributed by atoms with Crippen LogP contribution < -0.4 is 0 Å². The average Bonchev–Trinajstić information content (AvgIpc) is 2.36. The molecular weight excluding hydrogens is 353 g/mol. The second-order valence-corrected chi connectivity index (χ2v) is 2.75. The van der Waals surface area contributed by atoms with Crippen LogP contribution in [0.4, 0.5) is 0 Å². The zero-order valence-corrected chi connectivity index (χ0v) is 11.1. The van der Waals surface area contributed by atoms with E-state index in [1.807, 2.05) is 6.07 Å². The van der Waals surface area contributed by atoms with E-state index in [2.05, 4.69) is 0 Å². The van der Waals surface area contributed by atoms with Gasteiger partial charge in [-0.25, -0.2) is 0 Å². The summed E-state index contributed by atoms with van der Waals surface area (Å²) in [6.07, 6.45) is 4.89. The fraction of sp³-hybridized carbons (Fsp3) is 0.500. The Morgan fingerprint density at radius 1 is 1.55 bits per heavy atom. The fourth-order valence-corrected chi connectivity index (χ4v) is 1.49. The second-order valence-electron chi connectivity index (χ2n) is 2.75. The summed E-state index contributed by atoms with van der Waals surface area (Å²) < 4.78 is 5.18. The normalized spacial score (nSPS) is 22.1. The predicted molar refractivity (Wildman–Crippen MR) is 38.7 cm³/mol. The molecule has 0 amide bonds. The first-order valence-electron chi connectivity index (χ1n) is 3.65. The quantitative estimate of drug-likeness (QED) is 0.699. The van der Waals surface area contributed by atoms with Crippen molar-refractivity contribution in [1.82, 2.24) is 0 Å². The molecule has 0 unspecified atom stereocenters. The van der Waals surface area contributed by atoms with Crippen LogP contribution in [0.2, 0.25) is 0 Å². The number of fused-ring (bicyclic) bond motifs is 1. The van der Waals surface area contributed by atoms with Gasteiger partial charge in [-0.15, -0.1) is 0 Å². The molecule has 1 aromatic rings. The molecule has 0 aliphatic heterocycles. The van der Waals surface area contributed by atoms with Gasteiger partial charge in [-0.2, -0.15) is 0 Å². The van der Waals surface area contributed by atoms with Crippen molar-refractivity contribution in [3.8, 4) is 0 Å². The van der Waals surface area contributed by atoms with E-state index in [0.29, 0.717) is 0 Å². The molecule has 1 atom stereocenters. The summed E-state index contributed by atoms with van der Waals surface area (Å²) >= 11 is 0. The molecule has 1 N–H and O–H groups in total. The van der Waals surface area contributed by atoms with E-state index in [9.17, 15) is 0 Å². The minimum Gasteiger partial charge on any atom is -0.668 e. The first-order valence-corrected chi connectivity index (χ1v) is 3.65. The third-order valence-electron chi connectivity index (χ3n) is 2.04. The van der Waals surface area contributed by atoms with E-state index in [4.69, 9.17) is 10.2 Å². The molecule has 2 nitrogen and oxygen atoms in total. The standard InChI is InChI=1S/C8H10NO.Ac/c9-7-3-1-2-6-4-5-10-8(6)7;/h4-5,7,9H,1-3H2;/q-1;/t7-;/m1./s1. The van der Waals surface area contributed by atoms with E-state index in [1.54, 1.807) is 6.26 Å².